The second-order valence-corrected chi connectivity index (χ2v) is 6.27. The molecule has 1 amide bonds. The zero-order chi connectivity index (χ0) is 14.8. The lowest BCUT2D eigenvalue weighted by atomic mass is 9.97. The number of aromatic nitrogens is 2. The number of anilines is 1. The second-order valence-electron chi connectivity index (χ2n) is 6.27. The monoisotopic (exact) mass is 288 g/mol. The Balaban J connectivity index is 1.71. The van der Waals surface area contributed by atoms with Crippen LogP contribution in [-0.2, 0) is 4.79 Å². The van der Waals surface area contributed by atoms with Crippen molar-refractivity contribution in [3.8, 4) is 0 Å². The van der Waals surface area contributed by atoms with Crippen molar-refractivity contribution in [1.82, 2.24) is 14.9 Å². The molecule has 1 aromatic rings. The molecule has 0 radical (unpaired) electrons. The lowest BCUT2D eigenvalue weighted by Gasteiger charge is -2.34. The first kappa shape index (κ1) is 14.3. The van der Waals surface area contributed by atoms with Crippen LogP contribution in [0.2, 0.25) is 0 Å². The van der Waals surface area contributed by atoms with Crippen LogP contribution in [0.15, 0.2) is 6.07 Å². The Morgan fingerprint density at radius 1 is 1.10 bits per heavy atom. The Kier molecular flexibility index (Phi) is 4.08. The molecule has 5 nitrogen and oxygen atoms in total. The Morgan fingerprint density at radius 3 is 2.43 bits per heavy atom. The molecule has 2 aliphatic rings. The van der Waals surface area contributed by atoms with Gasteiger partial charge in [0.2, 0.25) is 11.9 Å². The Hall–Kier alpha value is -1.65. The highest BCUT2D eigenvalue weighted by Gasteiger charge is 2.31. The molecule has 114 valence electrons. The van der Waals surface area contributed by atoms with Crippen LogP contribution in [0.5, 0.6) is 0 Å². The van der Waals surface area contributed by atoms with Gasteiger partial charge in [0.25, 0.3) is 0 Å². The topological polar surface area (TPSA) is 49.3 Å². The van der Waals surface area contributed by atoms with Crippen molar-refractivity contribution >= 4 is 11.9 Å². The molecule has 1 aromatic heterocycles. The molecule has 1 atom stereocenters. The summed E-state index contributed by atoms with van der Waals surface area (Å²) in [5.74, 6) is 1.23. The van der Waals surface area contributed by atoms with Gasteiger partial charge in [0, 0.05) is 37.6 Å². The molecular weight excluding hydrogens is 264 g/mol. The SMILES string of the molecule is Cc1cc(C)nc(N2CCCC(C(=O)N3CCCC3)C2)n1. The lowest BCUT2D eigenvalue weighted by Crippen LogP contribution is -2.44. The summed E-state index contributed by atoms with van der Waals surface area (Å²) in [6.45, 7) is 7.58. The molecular formula is C16H24N4O. The first-order valence-electron chi connectivity index (χ1n) is 7.99. The summed E-state index contributed by atoms with van der Waals surface area (Å²) < 4.78 is 0. The lowest BCUT2D eigenvalue weighted by molar-refractivity contribution is -0.134. The van der Waals surface area contributed by atoms with Gasteiger partial charge in [-0.15, -0.1) is 0 Å². The summed E-state index contributed by atoms with van der Waals surface area (Å²) in [7, 11) is 0. The third-order valence-corrected chi connectivity index (χ3v) is 4.44. The van der Waals surface area contributed by atoms with Crippen LogP contribution in [0.25, 0.3) is 0 Å². The van der Waals surface area contributed by atoms with E-state index in [1.165, 1.54) is 0 Å². The summed E-state index contributed by atoms with van der Waals surface area (Å²) in [4.78, 5) is 25.9. The van der Waals surface area contributed by atoms with Gasteiger partial charge in [0.05, 0.1) is 5.92 Å². The van der Waals surface area contributed by atoms with E-state index in [1.54, 1.807) is 0 Å². The summed E-state index contributed by atoms with van der Waals surface area (Å²) >= 11 is 0. The van der Waals surface area contributed by atoms with Crippen LogP contribution in [0, 0.1) is 19.8 Å². The van der Waals surface area contributed by atoms with Crippen molar-refractivity contribution in [1.29, 1.82) is 0 Å². The van der Waals surface area contributed by atoms with E-state index in [0.29, 0.717) is 5.91 Å². The van der Waals surface area contributed by atoms with E-state index < -0.39 is 0 Å². The Morgan fingerprint density at radius 2 is 1.76 bits per heavy atom. The van der Waals surface area contributed by atoms with Crippen LogP contribution in [0.4, 0.5) is 5.95 Å². The zero-order valence-electron chi connectivity index (χ0n) is 13.0. The molecule has 0 bridgehead atoms. The van der Waals surface area contributed by atoms with Gasteiger partial charge in [0.15, 0.2) is 0 Å². The number of piperidine rings is 1. The highest BCUT2D eigenvalue weighted by molar-refractivity contribution is 5.80. The van der Waals surface area contributed by atoms with E-state index in [0.717, 1.165) is 69.2 Å². The van der Waals surface area contributed by atoms with Gasteiger partial charge in [-0.3, -0.25) is 4.79 Å². The minimum Gasteiger partial charge on any atom is -0.342 e. The van der Waals surface area contributed by atoms with E-state index in [4.69, 9.17) is 0 Å². The standard InChI is InChI=1S/C16H24N4O/c1-12-10-13(2)18-16(17-12)20-9-5-6-14(11-20)15(21)19-7-3-4-8-19/h10,14H,3-9,11H2,1-2H3. The van der Waals surface area contributed by atoms with Crippen molar-refractivity contribution in [3.05, 3.63) is 17.5 Å². The van der Waals surface area contributed by atoms with Crippen molar-refractivity contribution < 1.29 is 4.79 Å². The molecule has 0 saturated carbocycles. The summed E-state index contributed by atoms with van der Waals surface area (Å²) in [6, 6.07) is 1.99. The number of likely N-dealkylation sites (tertiary alicyclic amines) is 1. The maximum Gasteiger partial charge on any atom is 0.227 e. The highest BCUT2D eigenvalue weighted by atomic mass is 16.2. The van der Waals surface area contributed by atoms with Crippen LogP contribution >= 0.6 is 0 Å². The molecule has 0 aliphatic carbocycles. The third-order valence-electron chi connectivity index (χ3n) is 4.44. The van der Waals surface area contributed by atoms with Crippen molar-refractivity contribution in [3.63, 3.8) is 0 Å². The van der Waals surface area contributed by atoms with Crippen LogP contribution < -0.4 is 4.90 Å². The van der Waals surface area contributed by atoms with Crippen molar-refractivity contribution in [2.75, 3.05) is 31.1 Å². The summed E-state index contributed by atoms with van der Waals surface area (Å²) in [5.41, 5.74) is 1.98. The normalized spacial score (nSPS) is 22.7. The fourth-order valence-electron chi connectivity index (χ4n) is 3.40. The molecule has 0 spiro atoms. The molecule has 5 heteroatoms. The van der Waals surface area contributed by atoms with Gasteiger partial charge in [0.1, 0.15) is 0 Å². The molecule has 0 aromatic carbocycles. The first-order valence-corrected chi connectivity index (χ1v) is 7.99. The number of hydrogen-bond donors (Lipinski definition) is 0. The van der Waals surface area contributed by atoms with Crippen LogP contribution in [0.3, 0.4) is 0 Å². The van der Waals surface area contributed by atoms with Crippen molar-refractivity contribution in [2.45, 2.75) is 39.5 Å². The zero-order valence-corrected chi connectivity index (χ0v) is 13.0. The van der Waals surface area contributed by atoms with Gasteiger partial charge >= 0.3 is 0 Å². The molecule has 3 rings (SSSR count). The number of hydrogen-bond acceptors (Lipinski definition) is 4. The Bertz CT molecular complexity index is 505. The maximum atomic E-state index is 12.6. The van der Waals surface area contributed by atoms with Crippen LogP contribution in [-0.4, -0.2) is 47.0 Å². The molecule has 0 N–H and O–H groups in total. The number of amides is 1. The summed E-state index contributed by atoms with van der Waals surface area (Å²) in [6.07, 6.45) is 4.35. The minimum absolute atomic E-state index is 0.112. The smallest absolute Gasteiger partial charge is 0.227 e. The van der Waals surface area contributed by atoms with Gasteiger partial charge in [-0.25, -0.2) is 9.97 Å². The second kappa shape index (κ2) is 6.00. The molecule has 3 heterocycles. The van der Waals surface area contributed by atoms with E-state index >= 15 is 0 Å². The number of carbonyl (C=O) groups excluding carboxylic acids is 1. The number of carbonyl (C=O) groups is 1. The predicted octanol–water partition coefficient (Wildman–Crippen LogP) is 1.93. The molecule has 2 saturated heterocycles. The predicted molar refractivity (Wildman–Crippen MR) is 82.3 cm³/mol. The molecule has 2 fully saturated rings. The largest absolute Gasteiger partial charge is 0.342 e. The summed E-state index contributed by atoms with van der Waals surface area (Å²) in [5, 5.41) is 0. The maximum absolute atomic E-state index is 12.6. The van der Waals surface area contributed by atoms with Crippen molar-refractivity contribution in [2.24, 2.45) is 5.92 Å². The van der Waals surface area contributed by atoms with Gasteiger partial charge in [-0.1, -0.05) is 0 Å². The molecule has 21 heavy (non-hydrogen) atoms. The fraction of sp³-hybridized carbons (Fsp3) is 0.688. The minimum atomic E-state index is 0.112. The van der Waals surface area contributed by atoms with E-state index in [1.807, 2.05) is 24.8 Å². The number of aryl methyl sites for hydroxylation is 2. The first-order chi connectivity index (χ1) is 10.1. The highest BCUT2D eigenvalue weighted by Crippen LogP contribution is 2.24. The van der Waals surface area contributed by atoms with Gasteiger partial charge < -0.3 is 9.80 Å². The van der Waals surface area contributed by atoms with Crippen LogP contribution in [0.1, 0.15) is 37.1 Å². The van der Waals surface area contributed by atoms with Gasteiger partial charge in [-0.2, -0.15) is 0 Å². The fourth-order valence-corrected chi connectivity index (χ4v) is 3.40. The average molecular weight is 288 g/mol. The van der Waals surface area contributed by atoms with E-state index in [9.17, 15) is 4.79 Å². The average Bonchev–Trinajstić information content (AvgIpc) is 3.00. The molecule has 1 unspecified atom stereocenters. The third kappa shape index (κ3) is 3.17. The molecule has 2 aliphatic heterocycles. The number of nitrogens with zero attached hydrogens (tertiary/aromatic N) is 4. The number of rotatable bonds is 2. The van der Waals surface area contributed by atoms with Gasteiger partial charge in [-0.05, 0) is 45.6 Å². The van der Waals surface area contributed by atoms with E-state index in [2.05, 4.69) is 14.9 Å². The Labute approximate surface area is 126 Å². The van der Waals surface area contributed by atoms with E-state index in [-0.39, 0.29) is 5.92 Å². The quantitative estimate of drug-likeness (QED) is 0.834.